The topological polar surface area (TPSA) is 162 Å². The van der Waals surface area contributed by atoms with Gasteiger partial charge in [-0.2, -0.15) is 8.42 Å². The van der Waals surface area contributed by atoms with Gasteiger partial charge in [-0.05, 0) is 49.1 Å². The van der Waals surface area contributed by atoms with Gasteiger partial charge in [-0.1, -0.05) is 30.3 Å². The number of methoxy groups -OCH3 is 1. The molecule has 1 heterocycles. The number of hydrogen-bond acceptors (Lipinski definition) is 8. The second-order valence-electron chi connectivity index (χ2n) is 7.95. The summed E-state index contributed by atoms with van der Waals surface area (Å²) >= 11 is 1.25. The Morgan fingerprint density at radius 2 is 1.81 bits per heavy atom. The molecule has 3 aromatic rings. The molecule has 13 heteroatoms. The third-order valence-corrected chi connectivity index (χ3v) is 6.53. The molecule has 0 fully saturated rings. The zero-order valence-electron chi connectivity index (χ0n) is 20.2. The van der Waals surface area contributed by atoms with Crippen molar-refractivity contribution in [3.8, 4) is 17.0 Å². The van der Waals surface area contributed by atoms with Crippen molar-refractivity contribution in [3.05, 3.63) is 65.5 Å². The summed E-state index contributed by atoms with van der Waals surface area (Å²) < 4.78 is 34.7. The molecule has 0 saturated heterocycles. The normalized spacial score (nSPS) is 11.9. The van der Waals surface area contributed by atoms with Crippen LogP contribution in [0.2, 0.25) is 0 Å². The lowest BCUT2D eigenvalue weighted by Crippen LogP contribution is -2.44. The zero-order valence-corrected chi connectivity index (χ0v) is 21.8. The highest BCUT2D eigenvalue weighted by atomic mass is 32.2. The highest BCUT2D eigenvalue weighted by Gasteiger charge is 2.22. The van der Waals surface area contributed by atoms with Crippen molar-refractivity contribution in [1.29, 1.82) is 0 Å². The van der Waals surface area contributed by atoms with Crippen LogP contribution in [0.4, 0.5) is 9.93 Å². The van der Waals surface area contributed by atoms with Gasteiger partial charge in [-0.15, -0.1) is 11.3 Å². The minimum absolute atomic E-state index is 0.0526. The van der Waals surface area contributed by atoms with E-state index in [2.05, 4.69) is 20.3 Å². The van der Waals surface area contributed by atoms with E-state index in [-0.39, 0.29) is 19.6 Å². The van der Waals surface area contributed by atoms with E-state index >= 15 is 0 Å². The number of nitrogens with zero attached hydrogens (tertiary/aromatic N) is 1. The summed E-state index contributed by atoms with van der Waals surface area (Å²) in [5, 5.41) is 12.4. The van der Waals surface area contributed by atoms with Gasteiger partial charge in [0.25, 0.3) is 10.2 Å². The number of nitrogens with two attached hydrogens (primary N) is 1. The van der Waals surface area contributed by atoms with Gasteiger partial charge in [0.05, 0.1) is 12.8 Å². The van der Waals surface area contributed by atoms with E-state index in [1.807, 2.05) is 60.0 Å². The molecule has 2 aromatic carbocycles. The van der Waals surface area contributed by atoms with Gasteiger partial charge in [-0.25, -0.2) is 19.6 Å². The van der Waals surface area contributed by atoms with Crippen molar-refractivity contribution in [1.82, 2.24) is 15.0 Å². The predicted molar refractivity (Wildman–Crippen MR) is 141 cm³/mol. The van der Waals surface area contributed by atoms with Crippen LogP contribution in [-0.4, -0.2) is 45.1 Å². The minimum Gasteiger partial charge on any atom is -0.497 e. The molecule has 1 atom stereocenters. The Kier molecular flexibility index (Phi) is 10.4. The maximum Gasteiger partial charge on any atom is 0.408 e. The summed E-state index contributed by atoms with van der Waals surface area (Å²) in [6, 6.07) is 15.6. The number of benzene rings is 2. The van der Waals surface area contributed by atoms with Gasteiger partial charge in [0.1, 0.15) is 18.4 Å². The monoisotopic (exact) mass is 547 g/mol. The van der Waals surface area contributed by atoms with Crippen LogP contribution in [-0.2, 0) is 26.3 Å². The van der Waals surface area contributed by atoms with E-state index in [1.165, 1.54) is 11.3 Å². The number of hydrogen-bond donors (Lipinski definition) is 4. The van der Waals surface area contributed by atoms with Gasteiger partial charge < -0.3 is 20.1 Å². The van der Waals surface area contributed by atoms with Crippen LogP contribution < -0.4 is 25.2 Å². The molecule has 0 saturated carbocycles. The van der Waals surface area contributed by atoms with E-state index in [1.54, 1.807) is 7.11 Å². The van der Waals surface area contributed by atoms with E-state index in [4.69, 9.17) is 14.6 Å². The number of amides is 2. The van der Waals surface area contributed by atoms with Crippen LogP contribution in [0, 0.1) is 0 Å². The second kappa shape index (κ2) is 13.7. The first kappa shape index (κ1) is 28.1. The highest BCUT2D eigenvalue weighted by Crippen LogP contribution is 2.26. The van der Waals surface area contributed by atoms with Crippen LogP contribution in [0.15, 0.2) is 60.0 Å². The fourth-order valence-corrected chi connectivity index (χ4v) is 4.43. The standard InChI is InChI=1S/C24H29N5O6S2/c1-34-19-12-10-18(11-13-19)21-16-36-23(27-21)29-22(30)20(9-5-6-14-26-37(25,32)33)28-24(31)35-15-17-7-3-2-4-8-17/h2-4,7-8,10-13,16,20,26H,5-6,9,14-15H2,1H3,(H,28,31)(H2,25,32,33)(H,27,29,30)/t20-/m0/s1. The molecule has 1 aromatic heterocycles. The first-order valence-electron chi connectivity index (χ1n) is 11.4. The largest absolute Gasteiger partial charge is 0.497 e. The molecule has 0 aliphatic rings. The van der Waals surface area contributed by atoms with Crippen LogP contribution in [0.3, 0.4) is 0 Å². The molecule has 0 bridgehead atoms. The Bertz CT molecular complexity index is 1270. The van der Waals surface area contributed by atoms with Crippen LogP contribution >= 0.6 is 11.3 Å². The molecule has 0 unspecified atom stereocenters. The lowest BCUT2D eigenvalue weighted by atomic mass is 10.1. The fraction of sp³-hybridized carbons (Fsp3) is 0.292. The first-order chi connectivity index (χ1) is 17.7. The smallest absolute Gasteiger partial charge is 0.408 e. The molecule has 5 N–H and O–H groups in total. The molecular weight excluding hydrogens is 518 g/mol. The van der Waals surface area contributed by atoms with Crippen LogP contribution in [0.1, 0.15) is 24.8 Å². The van der Waals surface area contributed by atoms with E-state index in [0.29, 0.717) is 23.7 Å². The Morgan fingerprint density at radius 3 is 2.49 bits per heavy atom. The van der Waals surface area contributed by atoms with Gasteiger partial charge in [0, 0.05) is 17.5 Å². The maximum absolute atomic E-state index is 13.0. The first-order valence-corrected chi connectivity index (χ1v) is 13.8. The summed E-state index contributed by atoms with van der Waals surface area (Å²) in [5.41, 5.74) is 2.35. The third-order valence-electron chi connectivity index (χ3n) is 5.16. The number of alkyl carbamates (subject to hydrolysis) is 1. The number of unbranched alkanes of at least 4 members (excludes halogenated alkanes) is 1. The number of nitrogens with one attached hydrogen (secondary N) is 3. The zero-order chi connectivity index (χ0) is 26.7. The number of thiazole rings is 1. The second-order valence-corrected chi connectivity index (χ2v) is 10.2. The Balaban J connectivity index is 1.60. The van der Waals surface area contributed by atoms with E-state index in [9.17, 15) is 18.0 Å². The SMILES string of the molecule is COc1ccc(-c2csc(NC(=O)[C@H](CCCCNS(N)(=O)=O)NC(=O)OCc3ccccc3)n2)cc1. The summed E-state index contributed by atoms with van der Waals surface area (Å²) in [5.74, 6) is 0.256. The molecular formula is C24H29N5O6S2. The lowest BCUT2D eigenvalue weighted by Gasteiger charge is -2.17. The fourth-order valence-electron chi connectivity index (χ4n) is 3.28. The number of carbonyl (C=O) groups excluding carboxylic acids is 2. The molecule has 0 aliphatic carbocycles. The number of ether oxygens (including phenoxy) is 2. The summed E-state index contributed by atoms with van der Waals surface area (Å²) in [6.45, 7) is 0.167. The summed E-state index contributed by atoms with van der Waals surface area (Å²) in [7, 11) is -2.20. The van der Waals surface area contributed by atoms with Gasteiger partial charge in [0.15, 0.2) is 5.13 Å². The maximum atomic E-state index is 13.0. The molecule has 0 spiro atoms. The molecule has 11 nitrogen and oxygen atoms in total. The number of aromatic nitrogens is 1. The predicted octanol–water partition coefficient (Wildman–Crippen LogP) is 3.02. The Hall–Kier alpha value is -3.52. The molecule has 0 radical (unpaired) electrons. The summed E-state index contributed by atoms with van der Waals surface area (Å²) in [6.07, 6.45) is 0.355. The summed E-state index contributed by atoms with van der Waals surface area (Å²) in [4.78, 5) is 29.9. The van der Waals surface area contributed by atoms with E-state index in [0.717, 1.165) is 16.9 Å². The number of anilines is 1. The molecule has 37 heavy (non-hydrogen) atoms. The van der Waals surface area contributed by atoms with Gasteiger partial charge >= 0.3 is 6.09 Å². The average Bonchev–Trinajstić information content (AvgIpc) is 3.35. The van der Waals surface area contributed by atoms with Crippen molar-refractivity contribution < 1.29 is 27.5 Å². The van der Waals surface area contributed by atoms with E-state index < -0.39 is 28.3 Å². The molecule has 0 aliphatic heterocycles. The van der Waals surface area contributed by atoms with Crippen LogP contribution in [0.5, 0.6) is 5.75 Å². The highest BCUT2D eigenvalue weighted by molar-refractivity contribution is 7.87. The quantitative estimate of drug-likeness (QED) is 0.239. The Morgan fingerprint density at radius 1 is 1.08 bits per heavy atom. The molecule has 3 rings (SSSR count). The van der Waals surface area contributed by atoms with Crippen molar-refractivity contribution in [3.63, 3.8) is 0 Å². The molecule has 198 valence electrons. The van der Waals surface area contributed by atoms with Crippen LogP contribution in [0.25, 0.3) is 11.3 Å². The van der Waals surface area contributed by atoms with Gasteiger partial charge in [0.2, 0.25) is 5.91 Å². The van der Waals surface area contributed by atoms with Gasteiger partial charge in [-0.3, -0.25) is 4.79 Å². The van der Waals surface area contributed by atoms with Crippen molar-refractivity contribution in [2.24, 2.45) is 5.14 Å². The number of rotatable bonds is 13. The lowest BCUT2D eigenvalue weighted by molar-refractivity contribution is -0.118. The molecule has 2 amide bonds. The van der Waals surface area contributed by atoms with Crippen molar-refractivity contribution >= 4 is 38.7 Å². The Labute approximate surface area is 219 Å². The third kappa shape index (κ3) is 9.80. The number of carbonyl (C=O) groups is 2. The minimum atomic E-state index is -3.79. The van der Waals surface area contributed by atoms with Crippen molar-refractivity contribution in [2.75, 3.05) is 19.0 Å². The average molecular weight is 548 g/mol. The van der Waals surface area contributed by atoms with Crippen molar-refractivity contribution in [2.45, 2.75) is 31.9 Å².